The first kappa shape index (κ1) is 20.6. The van der Waals surface area contributed by atoms with Gasteiger partial charge in [-0.3, -0.25) is 4.79 Å². The van der Waals surface area contributed by atoms with Crippen LogP contribution in [0.4, 0.5) is 5.69 Å². The minimum Gasteiger partial charge on any atom is -0.495 e. The molecule has 2 aromatic heterocycles. The van der Waals surface area contributed by atoms with Crippen LogP contribution in [0.2, 0.25) is 0 Å². The second-order valence-corrected chi connectivity index (χ2v) is 8.87. The van der Waals surface area contributed by atoms with E-state index >= 15 is 0 Å². The van der Waals surface area contributed by atoms with Crippen LogP contribution in [0, 0.1) is 6.92 Å². The Kier molecular flexibility index (Phi) is 5.61. The summed E-state index contributed by atoms with van der Waals surface area (Å²) in [6, 6.07) is 14.3. The molecule has 0 aliphatic carbocycles. The van der Waals surface area contributed by atoms with E-state index in [1.807, 2.05) is 23.1 Å². The first-order chi connectivity index (χ1) is 15.6. The second kappa shape index (κ2) is 8.70. The maximum atomic E-state index is 12.9. The zero-order valence-electron chi connectivity index (χ0n) is 18.2. The van der Waals surface area contributed by atoms with E-state index in [0.717, 1.165) is 51.5 Å². The summed E-state index contributed by atoms with van der Waals surface area (Å²) >= 11 is 1.47. The molecule has 0 atom stereocenters. The van der Waals surface area contributed by atoms with E-state index in [2.05, 4.69) is 51.0 Å². The van der Waals surface area contributed by atoms with Gasteiger partial charge in [0.15, 0.2) is 0 Å². The zero-order valence-corrected chi connectivity index (χ0v) is 19.0. The number of anilines is 1. The lowest BCUT2D eigenvalue weighted by Crippen LogP contribution is -2.49. The van der Waals surface area contributed by atoms with Crippen LogP contribution in [-0.2, 0) is 4.79 Å². The van der Waals surface area contributed by atoms with Gasteiger partial charge in [-0.15, -0.1) is 0 Å². The highest BCUT2D eigenvalue weighted by Crippen LogP contribution is 2.31. The molecular formula is C24H25N5O2S. The molecule has 1 N–H and O–H groups in total. The third-order valence-electron chi connectivity index (χ3n) is 5.89. The molecule has 164 valence electrons. The SMILES string of the molecule is COc1ccccc1N1CCN(C(=O)CSc2ncnc3c2[nH]c2ccc(C)cc23)CC1. The number of amides is 1. The molecule has 0 radical (unpaired) electrons. The molecule has 0 bridgehead atoms. The highest BCUT2D eigenvalue weighted by Gasteiger charge is 2.23. The van der Waals surface area contributed by atoms with Crippen molar-refractivity contribution in [3.63, 3.8) is 0 Å². The molecule has 0 unspecified atom stereocenters. The number of hydrogen-bond donors (Lipinski definition) is 1. The molecule has 7 nitrogen and oxygen atoms in total. The summed E-state index contributed by atoms with van der Waals surface area (Å²) in [7, 11) is 1.69. The van der Waals surface area contributed by atoms with E-state index < -0.39 is 0 Å². The summed E-state index contributed by atoms with van der Waals surface area (Å²) in [4.78, 5) is 29.4. The summed E-state index contributed by atoms with van der Waals surface area (Å²) in [5.74, 6) is 1.35. The van der Waals surface area contributed by atoms with Crippen molar-refractivity contribution >= 4 is 45.3 Å². The van der Waals surface area contributed by atoms with Gasteiger partial charge in [0.2, 0.25) is 5.91 Å². The van der Waals surface area contributed by atoms with Crippen molar-refractivity contribution in [2.45, 2.75) is 11.9 Å². The van der Waals surface area contributed by atoms with Gasteiger partial charge in [0.1, 0.15) is 22.6 Å². The number of hydrogen-bond acceptors (Lipinski definition) is 6. The Balaban J connectivity index is 1.25. The van der Waals surface area contributed by atoms with Gasteiger partial charge in [-0.05, 0) is 31.2 Å². The van der Waals surface area contributed by atoms with Crippen LogP contribution in [0.5, 0.6) is 5.75 Å². The molecule has 2 aromatic carbocycles. The average Bonchev–Trinajstić information content (AvgIpc) is 3.21. The molecule has 0 saturated carbocycles. The number of nitrogens with zero attached hydrogens (tertiary/aromatic N) is 4. The van der Waals surface area contributed by atoms with Crippen LogP contribution in [0.1, 0.15) is 5.56 Å². The third kappa shape index (κ3) is 3.86. The number of aromatic amines is 1. The van der Waals surface area contributed by atoms with Crippen molar-refractivity contribution < 1.29 is 9.53 Å². The predicted octanol–water partition coefficient (Wildman–Crippen LogP) is 3.87. The summed E-state index contributed by atoms with van der Waals surface area (Å²) in [5, 5.41) is 1.90. The quantitative estimate of drug-likeness (QED) is 0.370. The van der Waals surface area contributed by atoms with Crippen LogP contribution in [0.3, 0.4) is 0 Å². The maximum absolute atomic E-state index is 12.9. The summed E-state index contributed by atoms with van der Waals surface area (Å²) in [6.07, 6.45) is 1.58. The summed E-state index contributed by atoms with van der Waals surface area (Å²) in [6.45, 7) is 5.04. The number of carbonyl (C=O) groups excluding carboxylic acids is 1. The number of methoxy groups -OCH3 is 1. The van der Waals surface area contributed by atoms with Crippen LogP contribution in [0.15, 0.2) is 53.8 Å². The van der Waals surface area contributed by atoms with Crippen molar-refractivity contribution in [3.8, 4) is 5.75 Å². The smallest absolute Gasteiger partial charge is 0.233 e. The van der Waals surface area contributed by atoms with Gasteiger partial charge in [0.25, 0.3) is 0 Å². The van der Waals surface area contributed by atoms with Gasteiger partial charge in [-0.1, -0.05) is 35.5 Å². The number of fused-ring (bicyclic) bond motifs is 3. The van der Waals surface area contributed by atoms with Gasteiger partial charge < -0.3 is 19.5 Å². The minimum absolute atomic E-state index is 0.133. The number of nitrogens with one attached hydrogen (secondary N) is 1. The molecular weight excluding hydrogens is 422 g/mol. The predicted molar refractivity (Wildman–Crippen MR) is 129 cm³/mol. The van der Waals surface area contributed by atoms with Gasteiger partial charge >= 0.3 is 0 Å². The van der Waals surface area contributed by atoms with E-state index in [0.29, 0.717) is 18.8 Å². The Morgan fingerprint density at radius 3 is 2.75 bits per heavy atom. The van der Waals surface area contributed by atoms with Gasteiger partial charge in [-0.25, -0.2) is 9.97 Å². The van der Waals surface area contributed by atoms with Crippen LogP contribution >= 0.6 is 11.8 Å². The van der Waals surface area contributed by atoms with Gasteiger partial charge in [-0.2, -0.15) is 0 Å². The number of rotatable bonds is 5. The molecule has 0 spiro atoms. The number of carbonyl (C=O) groups is 1. The standard InChI is InChI=1S/C24H25N5O2S/c1-16-7-8-18-17(13-16)22-23(27-18)24(26-15-25-22)32-14-21(30)29-11-9-28(10-12-29)19-5-3-4-6-20(19)31-2/h3-8,13,15,27H,9-12,14H2,1-2H3. The second-order valence-electron chi connectivity index (χ2n) is 7.90. The molecule has 1 aliphatic heterocycles. The topological polar surface area (TPSA) is 74.3 Å². The van der Waals surface area contributed by atoms with E-state index in [1.165, 1.54) is 17.3 Å². The van der Waals surface area contributed by atoms with E-state index in [-0.39, 0.29) is 5.91 Å². The van der Waals surface area contributed by atoms with Gasteiger partial charge in [0, 0.05) is 37.1 Å². The molecule has 8 heteroatoms. The lowest BCUT2D eigenvalue weighted by Gasteiger charge is -2.36. The molecule has 5 rings (SSSR count). The zero-order chi connectivity index (χ0) is 22.1. The lowest BCUT2D eigenvalue weighted by molar-refractivity contribution is -0.128. The molecule has 3 heterocycles. The monoisotopic (exact) mass is 447 g/mol. The molecule has 1 fully saturated rings. The number of para-hydroxylation sites is 2. The number of H-pyrrole nitrogens is 1. The number of aromatic nitrogens is 3. The fraction of sp³-hybridized carbons (Fsp3) is 0.292. The first-order valence-electron chi connectivity index (χ1n) is 10.7. The fourth-order valence-electron chi connectivity index (χ4n) is 4.20. The molecule has 1 aliphatic rings. The highest BCUT2D eigenvalue weighted by molar-refractivity contribution is 8.00. The highest BCUT2D eigenvalue weighted by atomic mass is 32.2. The van der Waals surface area contributed by atoms with E-state index in [9.17, 15) is 4.79 Å². The van der Waals surface area contributed by atoms with Crippen molar-refractivity contribution in [3.05, 3.63) is 54.4 Å². The molecule has 32 heavy (non-hydrogen) atoms. The lowest BCUT2D eigenvalue weighted by atomic mass is 10.2. The van der Waals surface area contributed by atoms with Crippen molar-refractivity contribution in [2.24, 2.45) is 0 Å². The Bertz CT molecular complexity index is 1280. The normalized spacial score (nSPS) is 14.3. The van der Waals surface area contributed by atoms with Gasteiger partial charge in [0.05, 0.1) is 24.1 Å². The maximum Gasteiger partial charge on any atom is 0.233 e. The number of aryl methyl sites for hydroxylation is 1. The largest absolute Gasteiger partial charge is 0.495 e. The van der Waals surface area contributed by atoms with Crippen molar-refractivity contribution in [2.75, 3.05) is 43.9 Å². The van der Waals surface area contributed by atoms with E-state index in [4.69, 9.17) is 4.74 Å². The number of benzene rings is 2. The Morgan fingerprint density at radius 2 is 1.94 bits per heavy atom. The molecule has 1 amide bonds. The van der Waals surface area contributed by atoms with Crippen molar-refractivity contribution in [1.29, 1.82) is 0 Å². The Labute approximate surface area is 190 Å². The third-order valence-corrected chi connectivity index (χ3v) is 6.87. The van der Waals surface area contributed by atoms with E-state index in [1.54, 1.807) is 13.4 Å². The van der Waals surface area contributed by atoms with Crippen molar-refractivity contribution in [1.82, 2.24) is 19.9 Å². The minimum atomic E-state index is 0.133. The van der Waals surface area contributed by atoms with Crippen LogP contribution in [-0.4, -0.2) is 64.8 Å². The Morgan fingerprint density at radius 1 is 1.12 bits per heavy atom. The molecule has 1 saturated heterocycles. The first-order valence-corrected chi connectivity index (χ1v) is 11.6. The Hall–Kier alpha value is -3.26. The number of ether oxygens (including phenoxy) is 1. The number of thioether (sulfide) groups is 1. The number of piperazine rings is 1. The molecule has 4 aromatic rings. The fourth-order valence-corrected chi connectivity index (χ4v) is 5.06. The van der Waals surface area contributed by atoms with Crippen LogP contribution in [0.25, 0.3) is 21.9 Å². The van der Waals surface area contributed by atoms with Crippen LogP contribution < -0.4 is 9.64 Å². The summed E-state index contributed by atoms with van der Waals surface area (Å²) in [5.41, 5.74) is 5.10. The summed E-state index contributed by atoms with van der Waals surface area (Å²) < 4.78 is 5.48. The average molecular weight is 448 g/mol.